The topological polar surface area (TPSA) is 113 Å². The standard InChI is InChI=1S/C19H21F3N6O2S2/c1-18(2,3)28-32(29,30)15-7-6-13(31-15)17-23-9-11(19(20,21)22)16(25-17)24-14-8-12(26-27-14)10-4-5-10/h6-10,28H,4-5H2,1-3H3,(H2,23,24,25,26,27). The second-order valence-corrected chi connectivity index (χ2v) is 11.5. The third-order valence-corrected chi connectivity index (χ3v) is 7.78. The summed E-state index contributed by atoms with van der Waals surface area (Å²) in [6, 6.07) is 4.50. The van der Waals surface area contributed by atoms with Crippen LogP contribution in [0, 0.1) is 0 Å². The van der Waals surface area contributed by atoms with Gasteiger partial charge in [-0.15, -0.1) is 11.3 Å². The number of H-pyrrole nitrogens is 1. The van der Waals surface area contributed by atoms with Gasteiger partial charge in [-0.3, -0.25) is 5.10 Å². The van der Waals surface area contributed by atoms with Crippen molar-refractivity contribution in [1.29, 1.82) is 0 Å². The number of nitrogens with zero attached hydrogens (tertiary/aromatic N) is 3. The van der Waals surface area contributed by atoms with Crippen LogP contribution in [0.15, 0.2) is 28.6 Å². The van der Waals surface area contributed by atoms with Gasteiger partial charge in [0.2, 0.25) is 0 Å². The molecule has 4 rings (SSSR count). The molecule has 32 heavy (non-hydrogen) atoms. The number of hydrogen-bond donors (Lipinski definition) is 3. The number of rotatable bonds is 6. The molecule has 1 fully saturated rings. The van der Waals surface area contributed by atoms with E-state index in [2.05, 4.69) is 30.2 Å². The predicted octanol–water partition coefficient (Wildman–Crippen LogP) is 4.64. The molecule has 8 nitrogen and oxygen atoms in total. The number of thiophene rings is 1. The van der Waals surface area contributed by atoms with Gasteiger partial charge in [-0.05, 0) is 45.7 Å². The zero-order chi connectivity index (χ0) is 23.3. The summed E-state index contributed by atoms with van der Waals surface area (Å²) in [6.45, 7) is 5.13. The lowest BCUT2D eigenvalue weighted by Crippen LogP contribution is -2.40. The highest BCUT2D eigenvalue weighted by Crippen LogP contribution is 2.40. The Labute approximate surface area is 186 Å². The number of alkyl halides is 3. The summed E-state index contributed by atoms with van der Waals surface area (Å²) in [5.74, 6) is 0.146. The molecule has 0 amide bonds. The Hall–Kier alpha value is -2.51. The van der Waals surface area contributed by atoms with E-state index in [1.807, 2.05) is 0 Å². The lowest BCUT2D eigenvalue weighted by Gasteiger charge is -2.19. The highest BCUT2D eigenvalue weighted by molar-refractivity contribution is 7.91. The number of aromatic nitrogens is 4. The molecule has 0 spiro atoms. The average Bonchev–Trinajstić information content (AvgIpc) is 3.18. The van der Waals surface area contributed by atoms with Crippen LogP contribution in [0.4, 0.5) is 24.8 Å². The van der Waals surface area contributed by atoms with Crippen LogP contribution in [-0.4, -0.2) is 34.1 Å². The first kappa shape index (κ1) is 22.7. The van der Waals surface area contributed by atoms with Gasteiger partial charge in [-0.2, -0.15) is 18.3 Å². The van der Waals surface area contributed by atoms with Gasteiger partial charge in [0.05, 0.1) is 10.6 Å². The molecule has 13 heteroatoms. The van der Waals surface area contributed by atoms with Gasteiger partial charge in [0.25, 0.3) is 10.0 Å². The molecular formula is C19H21F3N6O2S2. The first-order chi connectivity index (χ1) is 14.8. The molecule has 0 unspecified atom stereocenters. The first-order valence-corrected chi connectivity index (χ1v) is 12.0. The molecule has 0 atom stereocenters. The van der Waals surface area contributed by atoms with E-state index in [0.29, 0.717) is 17.0 Å². The zero-order valence-electron chi connectivity index (χ0n) is 17.4. The van der Waals surface area contributed by atoms with Crippen molar-refractivity contribution >= 4 is 33.0 Å². The molecule has 3 heterocycles. The molecular weight excluding hydrogens is 465 g/mol. The number of anilines is 2. The van der Waals surface area contributed by atoms with Crippen molar-refractivity contribution < 1.29 is 21.6 Å². The van der Waals surface area contributed by atoms with Crippen molar-refractivity contribution in [3.8, 4) is 10.7 Å². The van der Waals surface area contributed by atoms with Crippen molar-refractivity contribution in [2.24, 2.45) is 0 Å². The molecule has 0 bridgehead atoms. The van der Waals surface area contributed by atoms with Gasteiger partial charge in [-0.1, -0.05) is 0 Å². The number of hydrogen-bond acceptors (Lipinski definition) is 7. The van der Waals surface area contributed by atoms with E-state index in [4.69, 9.17) is 0 Å². The summed E-state index contributed by atoms with van der Waals surface area (Å²) >= 11 is 0.874. The van der Waals surface area contributed by atoms with Crippen LogP contribution in [0.2, 0.25) is 0 Å². The van der Waals surface area contributed by atoms with Crippen LogP contribution < -0.4 is 10.0 Å². The Morgan fingerprint density at radius 1 is 1.19 bits per heavy atom. The molecule has 0 radical (unpaired) electrons. The maximum atomic E-state index is 13.5. The zero-order valence-corrected chi connectivity index (χ0v) is 19.0. The van der Waals surface area contributed by atoms with Crippen LogP contribution in [0.25, 0.3) is 10.7 Å². The van der Waals surface area contributed by atoms with E-state index < -0.39 is 33.1 Å². The van der Waals surface area contributed by atoms with Crippen LogP contribution in [0.3, 0.4) is 0 Å². The molecule has 3 aromatic rings. The summed E-state index contributed by atoms with van der Waals surface area (Å²) in [5, 5.41) is 9.45. The van der Waals surface area contributed by atoms with Crippen molar-refractivity contribution in [2.75, 3.05) is 5.32 Å². The van der Waals surface area contributed by atoms with Gasteiger partial charge in [0.15, 0.2) is 5.82 Å². The molecule has 3 N–H and O–H groups in total. The Kier molecular flexibility index (Phi) is 5.54. The van der Waals surface area contributed by atoms with Gasteiger partial charge in [-0.25, -0.2) is 23.1 Å². The quantitative estimate of drug-likeness (QED) is 0.468. The summed E-state index contributed by atoms with van der Waals surface area (Å²) in [7, 11) is -3.79. The molecule has 0 aliphatic heterocycles. The Morgan fingerprint density at radius 2 is 1.91 bits per heavy atom. The molecule has 1 saturated carbocycles. The number of halogens is 3. The minimum Gasteiger partial charge on any atom is -0.325 e. The molecule has 0 saturated heterocycles. The minimum atomic E-state index is -4.68. The maximum Gasteiger partial charge on any atom is 0.421 e. The molecule has 172 valence electrons. The van der Waals surface area contributed by atoms with E-state index in [-0.39, 0.29) is 15.9 Å². The van der Waals surface area contributed by atoms with Crippen LogP contribution >= 0.6 is 11.3 Å². The fourth-order valence-electron chi connectivity index (χ4n) is 2.96. The van der Waals surface area contributed by atoms with Crippen LogP contribution in [-0.2, 0) is 16.2 Å². The van der Waals surface area contributed by atoms with Gasteiger partial charge < -0.3 is 5.32 Å². The Bertz CT molecular complexity index is 1240. The molecule has 0 aromatic carbocycles. The van der Waals surface area contributed by atoms with E-state index in [1.165, 1.54) is 12.1 Å². The lowest BCUT2D eigenvalue weighted by molar-refractivity contribution is -0.137. The fourth-order valence-corrected chi connectivity index (χ4v) is 5.62. The molecule has 1 aliphatic rings. The second-order valence-electron chi connectivity index (χ2n) is 8.53. The van der Waals surface area contributed by atoms with E-state index in [9.17, 15) is 21.6 Å². The van der Waals surface area contributed by atoms with Gasteiger partial charge >= 0.3 is 6.18 Å². The summed E-state index contributed by atoms with van der Waals surface area (Å²) < 4.78 is 68.2. The average molecular weight is 487 g/mol. The molecule has 3 aromatic heterocycles. The highest BCUT2D eigenvalue weighted by atomic mass is 32.2. The van der Waals surface area contributed by atoms with Gasteiger partial charge in [0.1, 0.15) is 21.4 Å². The summed E-state index contributed by atoms with van der Waals surface area (Å²) in [5.41, 5.74) is -0.939. The van der Waals surface area contributed by atoms with Gasteiger partial charge in [0, 0.05) is 23.7 Å². The Balaban J connectivity index is 1.66. The van der Waals surface area contributed by atoms with Crippen molar-refractivity contribution in [2.45, 2.75) is 55.5 Å². The SMILES string of the molecule is CC(C)(C)NS(=O)(=O)c1ccc(-c2ncc(C(F)(F)F)c(Nc3cc(C4CC4)n[nH]3)n2)s1. The van der Waals surface area contributed by atoms with Crippen molar-refractivity contribution in [3.05, 3.63) is 35.7 Å². The van der Waals surface area contributed by atoms with Crippen molar-refractivity contribution in [3.63, 3.8) is 0 Å². The summed E-state index contributed by atoms with van der Waals surface area (Å²) in [6.07, 6.45) is -1.99. The second kappa shape index (κ2) is 7.81. The largest absolute Gasteiger partial charge is 0.421 e. The highest BCUT2D eigenvalue weighted by Gasteiger charge is 2.36. The smallest absolute Gasteiger partial charge is 0.325 e. The van der Waals surface area contributed by atoms with E-state index in [1.54, 1.807) is 26.8 Å². The third-order valence-electron chi connectivity index (χ3n) is 4.45. The van der Waals surface area contributed by atoms with Crippen LogP contribution in [0.1, 0.15) is 50.8 Å². The lowest BCUT2D eigenvalue weighted by atomic mass is 10.1. The van der Waals surface area contributed by atoms with E-state index >= 15 is 0 Å². The monoisotopic (exact) mass is 486 g/mol. The minimum absolute atomic E-state index is 0.0167. The fraction of sp³-hybridized carbons (Fsp3) is 0.421. The number of sulfonamides is 1. The normalized spacial score (nSPS) is 15.2. The Morgan fingerprint density at radius 3 is 2.53 bits per heavy atom. The molecule has 1 aliphatic carbocycles. The first-order valence-electron chi connectivity index (χ1n) is 9.72. The van der Waals surface area contributed by atoms with E-state index in [0.717, 1.165) is 29.9 Å². The third kappa shape index (κ3) is 5.10. The van der Waals surface area contributed by atoms with Crippen molar-refractivity contribution in [1.82, 2.24) is 24.9 Å². The number of nitrogens with one attached hydrogen (secondary N) is 3. The van der Waals surface area contributed by atoms with Crippen LogP contribution in [0.5, 0.6) is 0 Å². The summed E-state index contributed by atoms with van der Waals surface area (Å²) in [4.78, 5) is 8.20. The number of aromatic amines is 1. The predicted molar refractivity (Wildman–Crippen MR) is 114 cm³/mol. The maximum absolute atomic E-state index is 13.5.